The first-order chi connectivity index (χ1) is 9.09. The normalized spacial score (nSPS) is 10.5. The monoisotopic (exact) mass is 341 g/mol. The van der Waals surface area contributed by atoms with E-state index in [0.717, 1.165) is 5.69 Å². The van der Waals surface area contributed by atoms with Crippen LogP contribution in [0.2, 0.25) is 5.02 Å². The van der Waals surface area contributed by atoms with Gasteiger partial charge in [-0.2, -0.15) is 0 Å². The third kappa shape index (κ3) is 3.36. The molecule has 4 nitrogen and oxygen atoms in total. The van der Waals surface area contributed by atoms with Crippen molar-refractivity contribution in [3.05, 3.63) is 56.1 Å². The van der Waals surface area contributed by atoms with Crippen LogP contribution in [0.1, 0.15) is 5.69 Å². The number of nitrogens with one attached hydrogen (secondary N) is 1. The summed E-state index contributed by atoms with van der Waals surface area (Å²) in [7, 11) is 0. The Hall–Kier alpha value is -1.33. The summed E-state index contributed by atoms with van der Waals surface area (Å²) in [5.74, 6) is 0. The topological polar surface area (TPSA) is 46.9 Å². The van der Waals surface area contributed by atoms with Gasteiger partial charge in [-0.25, -0.2) is 4.98 Å². The zero-order valence-electron chi connectivity index (χ0n) is 10.4. The van der Waals surface area contributed by atoms with Gasteiger partial charge in [0.2, 0.25) is 0 Å². The van der Waals surface area contributed by atoms with Crippen LogP contribution in [0, 0.1) is 6.92 Å². The third-order valence-corrected chi connectivity index (χ3v) is 3.94. The Bertz CT molecular complexity index is 642. The predicted octanol–water partition coefficient (Wildman–Crippen LogP) is 3.08. The summed E-state index contributed by atoms with van der Waals surface area (Å²) < 4.78 is 2.06. The van der Waals surface area contributed by atoms with Crippen molar-refractivity contribution in [2.45, 2.75) is 13.5 Å². The average Bonchev–Trinajstić information content (AvgIpc) is 2.41. The second kappa shape index (κ2) is 6.21. The van der Waals surface area contributed by atoms with E-state index in [2.05, 4.69) is 26.2 Å². The van der Waals surface area contributed by atoms with E-state index >= 15 is 0 Å². The minimum absolute atomic E-state index is 0.0755. The molecule has 0 atom stereocenters. The molecule has 19 heavy (non-hydrogen) atoms. The smallest absolute Gasteiger partial charge is 0.267 e. The van der Waals surface area contributed by atoms with Crippen LogP contribution in [0.15, 0.2) is 39.9 Å². The lowest BCUT2D eigenvalue weighted by atomic mass is 10.3. The van der Waals surface area contributed by atoms with Gasteiger partial charge in [0.05, 0.1) is 22.7 Å². The lowest BCUT2D eigenvalue weighted by Gasteiger charge is -2.10. The summed E-state index contributed by atoms with van der Waals surface area (Å²) in [4.78, 5) is 16.1. The van der Waals surface area contributed by atoms with Crippen LogP contribution in [0.3, 0.4) is 0 Å². The van der Waals surface area contributed by atoms with Crippen molar-refractivity contribution in [2.24, 2.45) is 0 Å². The number of hydrogen-bond acceptors (Lipinski definition) is 3. The largest absolute Gasteiger partial charge is 0.382 e. The SMILES string of the molecule is Cc1ncn(CCNc2ccccc2Cl)c(=O)c1Br. The predicted molar refractivity (Wildman–Crippen MR) is 80.9 cm³/mol. The fourth-order valence-corrected chi connectivity index (χ4v) is 2.15. The molecule has 1 aromatic carbocycles. The zero-order chi connectivity index (χ0) is 13.8. The van der Waals surface area contributed by atoms with E-state index in [9.17, 15) is 4.79 Å². The second-order valence-corrected chi connectivity index (χ2v) is 5.25. The van der Waals surface area contributed by atoms with Gasteiger partial charge < -0.3 is 5.32 Å². The quantitative estimate of drug-likeness (QED) is 0.929. The molecule has 0 saturated heterocycles. The molecule has 0 aliphatic heterocycles. The summed E-state index contributed by atoms with van der Waals surface area (Å²) >= 11 is 9.27. The molecule has 1 heterocycles. The number of aromatic nitrogens is 2. The molecular weight excluding hydrogens is 330 g/mol. The summed E-state index contributed by atoms with van der Waals surface area (Å²) in [5, 5.41) is 3.85. The molecule has 100 valence electrons. The molecule has 0 unspecified atom stereocenters. The van der Waals surface area contributed by atoms with Crippen molar-refractivity contribution in [1.82, 2.24) is 9.55 Å². The molecule has 0 amide bonds. The Labute approximate surface area is 124 Å². The lowest BCUT2D eigenvalue weighted by Crippen LogP contribution is -2.25. The van der Waals surface area contributed by atoms with Crippen LogP contribution in [-0.2, 0) is 6.54 Å². The van der Waals surface area contributed by atoms with Crippen molar-refractivity contribution in [3.63, 3.8) is 0 Å². The van der Waals surface area contributed by atoms with Crippen LogP contribution in [-0.4, -0.2) is 16.1 Å². The highest BCUT2D eigenvalue weighted by Crippen LogP contribution is 2.19. The number of nitrogens with zero attached hydrogens (tertiary/aromatic N) is 2. The van der Waals surface area contributed by atoms with E-state index < -0.39 is 0 Å². The lowest BCUT2D eigenvalue weighted by molar-refractivity contribution is 0.672. The van der Waals surface area contributed by atoms with E-state index in [4.69, 9.17) is 11.6 Å². The summed E-state index contributed by atoms with van der Waals surface area (Å²) in [6.45, 7) is 2.91. The molecule has 0 aliphatic carbocycles. The average molecular weight is 343 g/mol. The number of aryl methyl sites for hydroxylation is 1. The van der Waals surface area contributed by atoms with Crippen molar-refractivity contribution in [1.29, 1.82) is 0 Å². The standard InChI is InChI=1S/C13H13BrClN3O/c1-9-12(14)13(19)18(8-17-9)7-6-16-11-5-3-2-4-10(11)15/h2-5,8,16H,6-7H2,1H3. The summed E-state index contributed by atoms with van der Waals surface area (Å²) in [6.07, 6.45) is 1.55. The first kappa shape index (κ1) is 14.1. The molecular formula is C13H13BrClN3O. The molecule has 0 radical (unpaired) electrons. The third-order valence-electron chi connectivity index (χ3n) is 2.70. The molecule has 2 aromatic rings. The minimum Gasteiger partial charge on any atom is -0.382 e. The molecule has 6 heteroatoms. The van der Waals surface area contributed by atoms with Gasteiger partial charge in [-0.3, -0.25) is 9.36 Å². The summed E-state index contributed by atoms with van der Waals surface area (Å²) in [5.41, 5.74) is 1.48. The van der Waals surface area contributed by atoms with Gasteiger partial charge in [-0.1, -0.05) is 23.7 Å². The zero-order valence-corrected chi connectivity index (χ0v) is 12.7. The molecule has 0 saturated carbocycles. The maximum absolute atomic E-state index is 11.9. The van der Waals surface area contributed by atoms with E-state index in [1.54, 1.807) is 17.8 Å². The van der Waals surface area contributed by atoms with Gasteiger partial charge in [0.15, 0.2) is 0 Å². The van der Waals surface area contributed by atoms with Crippen LogP contribution < -0.4 is 10.9 Å². The van der Waals surface area contributed by atoms with Crippen LogP contribution >= 0.6 is 27.5 Å². The van der Waals surface area contributed by atoms with Crippen LogP contribution in [0.4, 0.5) is 5.69 Å². The highest BCUT2D eigenvalue weighted by atomic mass is 79.9. The maximum Gasteiger partial charge on any atom is 0.267 e. The summed E-state index contributed by atoms with van der Waals surface area (Å²) in [6, 6.07) is 7.50. The van der Waals surface area contributed by atoms with Crippen molar-refractivity contribution >= 4 is 33.2 Å². The van der Waals surface area contributed by atoms with Crippen molar-refractivity contribution in [2.75, 3.05) is 11.9 Å². The molecule has 0 aliphatic rings. The van der Waals surface area contributed by atoms with Crippen molar-refractivity contribution < 1.29 is 0 Å². The maximum atomic E-state index is 11.9. The van der Waals surface area contributed by atoms with Gasteiger partial charge in [0, 0.05) is 13.1 Å². The highest BCUT2D eigenvalue weighted by molar-refractivity contribution is 9.10. The molecule has 0 bridgehead atoms. The van der Waals surface area contributed by atoms with Gasteiger partial charge in [-0.05, 0) is 35.0 Å². The Morgan fingerprint density at radius 2 is 2.16 bits per heavy atom. The Morgan fingerprint density at radius 3 is 2.89 bits per heavy atom. The Balaban J connectivity index is 2.03. The number of halogens is 2. The van der Waals surface area contributed by atoms with Gasteiger partial charge in [0.25, 0.3) is 5.56 Å². The minimum atomic E-state index is -0.0755. The molecule has 2 rings (SSSR count). The van der Waals surface area contributed by atoms with Crippen LogP contribution in [0.5, 0.6) is 0 Å². The van der Waals surface area contributed by atoms with Gasteiger partial charge in [0.1, 0.15) is 4.47 Å². The molecule has 0 fully saturated rings. The first-order valence-electron chi connectivity index (χ1n) is 5.79. The van der Waals surface area contributed by atoms with E-state index in [1.165, 1.54) is 0 Å². The Kier molecular flexibility index (Phi) is 4.61. The van der Waals surface area contributed by atoms with Gasteiger partial charge in [-0.15, -0.1) is 0 Å². The van der Waals surface area contributed by atoms with E-state index in [1.807, 2.05) is 24.3 Å². The number of hydrogen-bond donors (Lipinski definition) is 1. The Morgan fingerprint density at radius 1 is 1.42 bits per heavy atom. The number of benzene rings is 1. The molecule has 1 N–H and O–H groups in total. The van der Waals surface area contributed by atoms with Crippen molar-refractivity contribution in [3.8, 4) is 0 Å². The fourth-order valence-electron chi connectivity index (χ4n) is 1.62. The highest BCUT2D eigenvalue weighted by Gasteiger charge is 2.05. The van der Waals surface area contributed by atoms with E-state index in [-0.39, 0.29) is 5.56 Å². The molecule has 0 spiro atoms. The van der Waals surface area contributed by atoms with E-state index in [0.29, 0.717) is 28.3 Å². The second-order valence-electron chi connectivity index (χ2n) is 4.05. The van der Waals surface area contributed by atoms with Gasteiger partial charge >= 0.3 is 0 Å². The fraction of sp³-hybridized carbons (Fsp3) is 0.231. The number of anilines is 1. The van der Waals surface area contributed by atoms with Crippen LogP contribution in [0.25, 0.3) is 0 Å². The number of rotatable bonds is 4. The number of para-hydroxylation sites is 1. The first-order valence-corrected chi connectivity index (χ1v) is 6.96. The molecule has 1 aromatic heterocycles.